The molecule has 0 spiro atoms. The van der Waals surface area contributed by atoms with Crippen LogP contribution in [0.2, 0.25) is 0 Å². The minimum atomic E-state index is -0.335. The van der Waals surface area contributed by atoms with Gasteiger partial charge >= 0.3 is 0 Å². The third-order valence-corrected chi connectivity index (χ3v) is 3.71. The van der Waals surface area contributed by atoms with E-state index in [-0.39, 0.29) is 5.82 Å². The maximum Gasteiger partial charge on any atom is 0.205 e. The Kier molecular flexibility index (Phi) is 3.10. The van der Waals surface area contributed by atoms with E-state index < -0.39 is 0 Å². The Morgan fingerprint density at radius 1 is 1.25 bits per heavy atom. The van der Waals surface area contributed by atoms with E-state index >= 15 is 0 Å². The van der Waals surface area contributed by atoms with Crippen LogP contribution in [-0.2, 0) is 0 Å². The largest absolute Gasteiger partial charge is 0.497 e. The molecule has 2 N–H and O–H groups in total. The molecule has 4 nitrogen and oxygen atoms in total. The maximum atomic E-state index is 13.5. The van der Waals surface area contributed by atoms with Crippen LogP contribution >= 0.6 is 15.9 Å². The van der Waals surface area contributed by atoms with Crippen molar-refractivity contribution in [1.29, 1.82) is 0 Å². The number of hydrogen-bond donors (Lipinski definition) is 1. The highest BCUT2D eigenvalue weighted by atomic mass is 79.9. The number of anilines is 1. The minimum absolute atomic E-state index is 0.291. The predicted octanol–water partition coefficient (Wildman–Crippen LogP) is 3.52. The Labute approximate surface area is 123 Å². The Balaban J connectivity index is 2.34. The molecule has 0 aliphatic heterocycles. The number of halogens is 2. The van der Waals surface area contributed by atoms with Crippen LogP contribution in [0.25, 0.3) is 16.7 Å². The molecule has 1 aromatic heterocycles. The number of rotatable bonds is 2. The molecule has 0 unspecified atom stereocenters. The van der Waals surface area contributed by atoms with Crippen molar-refractivity contribution in [1.82, 2.24) is 9.55 Å². The van der Waals surface area contributed by atoms with E-state index in [1.54, 1.807) is 17.7 Å². The summed E-state index contributed by atoms with van der Waals surface area (Å²) in [6.07, 6.45) is 0. The van der Waals surface area contributed by atoms with Gasteiger partial charge in [0.15, 0.2) is 0 Å². The van der Waals surface area contributed by atoms with Crippen LogP contribution in [0.1, 0.15) is 0 Å². The van der Waals surface area contributed by atoms with E-state index in [1.807, 2.05) is 18.2 Å². The van der Waals surface area contributed by atoms with Crippen molar-refractivity contribution < 1.29 is 9.13 Å². The first-order chi connectivity index (χ1) is 9.60. The predicted molar refractivity (Wildman–Crippen MR) is 79.7 cm³/mol. The summed E-state index contributed by atoms with van der Waals surface area (Å²) in [4.78, 5) is 4.24. The van der Waals surface area contributed by atoms with Crippen molar-refractivity contribution in [3.05, 3.63) is 46.7 Å². The van der Waals surface area contributed by atoms with Crippen LogP contribution in [0, 0.1) is 5.82 Å². The highest BCUT2D eigenvalue weighted by Gasteiger charge is 2.14. The molecule has 6 heteroatoms. The molecule has 0 aliphatic rings. The van der Waals surface area contributed by atoms with Gasteiger partial charge in [-0.3, -0.25) is 4.57 Å². The first kappa shape index (κ1) is 12.9. The molecule has 0 radical (unpaired) electrons. The highest BCUT2D eigenvalue weighted by Crippen LogP contribution is 2.31. The van der Waals surface area contributed by atoms with Crippen LogP contribution in [-0.4, -0.2) is 16.7 Å². The lowest BCUT2D eigenvalue weighted by molar-refractivity contribution is 0.414. The zero-order valence-electron chi connectivity index (χ0n) is 10.6. The highest BCUT2D eigenvalue weighted by molar-refractivity contribution is 9.10. The molecule has 20 heavy (non-hydrogen) atoms. The molecule has 0 bridgehead atoms. The summed E-state index contributed by atoms with van der Waals surface area (Å²) >= 11 is 3.47. The summed E-state index contributed by atoms with van der Waals surface area (Å²) in [6.45, 7) is 0. The zero-order valence-corrected chi connectivity index (χ0v) is 12.2. The first-order valence-corrected chi connectivity index (χ1v) is 6.67. The lowest BCUT2D eigenvalue weighted by Gasteiger charge is -2.10. The van der Waals surface area contributed by atoms with Gasteiger partial charge < -0.3 is 10.5 Å². The molecule has 2 aromatic carbocycles. The molecule has 3 rings (SSSR count). The van der Waals surface area contributed by atoms with Gasteiger partial charge in [-0.15, -0.1) is 0 Å². The van der Waals surface area contributed by atoms with Gasteiger partial charge in [0.05, 0.1) is 23.8 Å². The summed E-state index contributed by atoms with van der Waals surface area (Å²) in [7, 11) is 1.59. The number of nitrogen functional groups attached to an aromatic ring is 1. The third-order valence-electron chi connectivity index (χ3n) is 3.04. The molecule has 102 valence electrons. The van der Waals surface area contributed by atoms with Crippen LogP contribution in [0.3, 0.4) is 0 Å². The number of ether oxygens (including phenoxy) is 1. The minimum Gasteiger partial charge on any atom is -0.497 e. The van der Waals surface area contributed by atoms with Gasteiger partial charge in [-0.2, -0.15) is 0 Å². The van der Waals surface area contributed by atoms with Gasteiger partial charge in [0.25, 0.3) is 0 Å². The lowest BCUT2D eigenvalue weighted by atomic mass is 10.2. The fourth-order valence-corrected chi connectivity index (χ4v) is 2.53. The SMILES string of the molecule is COc1ccc(Br)c(-n2c(N)nc3ccc(F)cc32)c1. The molecule has 0 amide bonds. The van der Waals surface area contributed by atoms with Gasteiger partial charge in [0.1, 0.15) is 11.6 Å². The molecule has 3 aromatic rings. The average molecular weight is 336 g/mol. The van der Waals surface area contributed by atoms with Crippen molar-refractivity contribution in [2.45, 2.75) is 0 Å². The molecular formula is C14H11BrFN3O. The second-order valence-corrected chi connectivity index (χ2v) is 5.11. The molecule has 0 atom stereocenters. The monoisotopic (exact) mass is 335 g/mol. The molecular weight excluding hydrogens is 325 g/mol. The number of imidazole rings is 1. The first-order valence-electron chi connectivity index (χ1n) is 5.87. The Hall–Kier alpha value is -2.08. The summed E-state index contributed by atoms with van der Waals surface area (Å²) < 4.78 is 21.2. The number of aromatic nitrogens is 2. The second-order valence-electron chi connectivity index (χ2n) is 4.26. The number of nitrogens with zero attached hydrogens (tertiary/aromatic N) is 2. The van der Waals surface area contributed by atoms with E-state index in [2.05, 4.69) is 20.9 Å². The van der Waals surface area contributed by atoms with E-state index in [4.69, 9.17) is 10.5 Å². The summed E-state index contributed by atoms with van der Waals surface area (Å²) in [6, 6.07) is 9.85. The molecule has 0 fully saturated rings. The second kappa shape index (κ2) is 4.79. The van der Waals surface area contributed by atoms with E-state index in [0.29, 0.717) is 22.7 Å². The van der Waals surface area contributed by atoms with Gasteiger partial charge in [-0.25, -0.2) is 9.37 Å². The number of fused-ring (bicyclic) bond motifs is 1. The zero-order chi connectivity index (χ0) is 14.3. The van der Waals surface area contributed by atoms with Gasteiger partial charge in [-0.05, 0) is 40.2 Å². The van der Waals surface area contributed by atoms with Gasteiger partial charge in [-0.1, -0.05) is 0 Å². The summed E-state index contributed by atoms with van der Waals surface area (Å²) in [5.74, 6) is 0.637. The fourth-order valence-electron chi connectivity index (χ4n) is 2.11. The van der Waals surface area contributed by atoms with Crippen molar-refractivity contribution >= 4 is 32.9 Å². The standard InChI is InChI=1S/C14H11BrFN3O/c1-20-9-3-4-10(15)12(7-9)19-13-6-8(16)2-5-11(13)18-14(19)17/h2-7H,1H3,(H2,17,18). The van der Waals surface area contributed by atoms with E-state index in [0.717, 1.165) is 10.2 Å². The molecule has 1 heterocycles. The number of benzene rings is 2. The van der Waals surface area contributed by atoms with Crippen molar-refractivity contribution in [2.75, 3.05) is 12.8 Å². The van der Waals surface area contributed by atoms with Crippen LogP contribution < -0.4 is 10.5 Å². The number of methoxy groups -OCH3 is 1. The lowest BCUT2D eigenvalue weighted by Crippen LogP contribution is -2.02. The Bertz CT molecular complexity index is 800. The fraction of sp³-hybridized carbons (Fsp3) is 0.0714. The van der Waals surface area contributed by atoms with Crippen molar-refractivity contribution in [3.8, 4) is 11.4 Å². The Morgan fingerprint density at radius 2 is 2.05 bits per heavy atom. The van der Waals surface area contributed by atoms with E-state index in [9.17, 15) is 4.39 Å². The van der Waals surface area contributed by atoms with Gasteiger partial charge in [0.2, 0.25) is 5.95 Å². The van der Waals surface area contributed by atoms with Crippen LogP contribution in [0.4, 0.5) is 10.3 Å². The topological polar surface area (TPSA) is 53.1 Å². The third kappa shape index (κ3) is 2.02. The van der Waals surface area contributed by atoms with Crippen molar-refractivity contribution in [3.63, 3.8) is 0 Å². The maximum absolute atomic E-state index is 13.5. The quantitative estimate of drug-likeness (QED) is 0.779. The van der Waals surface area contributed by atoms with Gasteiger partial charge in [0, 0.05) is 16.6 Å². The summed E-state index contributed by atoms with van der Waals surface area (Å²) in [5.41, 5.74) is 7.95. The number of hydrogen-bond acceptors (Lipinski definition) is 3. The van der Waals surface area contributed by atoms with Crippen molar-refractivity contribution in [2.24, 2.45) is 0 Å². The smallest absolute Gasteiger partial charge is 0.205 e. The van der Waals surface area contributed by atoms with Crippen LogP contribution in [0.5, 0.6) is 5.75 Å². The van der Waals surface area contributed by atoms with Crippen LogP contribution in [0.15, 0.2) is 40.9 Å². The average Bonchev–Trinajstić information content (AvgIpc) is 2.75. The molecule has 0 aliphatic carbocycles. The van der Waals surface area contributed by atoms with E-state index in [1.165, 1.54) is 12.1 Å². The summed E-state index contributed by atoms with van der Waals surface area (Å²) in [5, 5.41) is 0. The molecule has 0 saturated heterocycles. The molecule has 0 saturated carbocycles. The normalized spacial score (nSPS) is 10.9. The Morgan fingerprint density at radius 3 is 2.80 bits per heavy atom. The number of nitrogens with two attached hydrogens (primary N) is 1.